The van der Waals surface area contributed by atoms with E-state index in [0.29, 0.717) is 22.5 Å². The Kier molecular flexibility index (Phi) is 9.48. The maximum Gasteiger partial charge on any atom is 0.139 e. The van der Waals surface area contributed by atoms with Crippen LogP contribution in [0.4, 0.5) is 0 Å². The molecule has 0 spiro atoms. The van der Waals surface area contributed by atoms with Gasteiger partial charge in [-0.05, 0) is 75.9 Å². The monoisotopic (exact) mass is 887 g/mol. The van der Waals surface area contributed by atoms with Crippen LogP contribution in [0.5, 0.6) is 0 Å². The van der Waals surface area contributed by atoms with Gasteiger partial charge in [0.05, 0.1) is 11.1 Å². The molecular formula is C49H43IrN3O-2. The van der Waals surface area contributed by atoms with Crippen LogP contribution in [0.25, 0.3) is 55.7 Å². The fourth-order valence-electron chi connectivity index (χ4n) is 7.09. The number of hydrogen-bond donors (Lipinski definition) is 0. The Balaban J connectivity index is 0.000000198. The standard InChI is InChI=1S/C31H29N2O.C18H14N.Ir/c1-31(2,24-10-4-3-5-11-24)25-19-29-30(33-20-25)26-18-23(12-13-28(26)34-29)27-17-22(14-15-32-27)16-21-8-6-7-9-21;1-14-13-19-18(16-10-6-3-7-11-16)12-17(14)15-8-4-2-5-9-15;/h3-5,10-11,13-15,17-21H,6-9,16H2,1-2H3;2-10,12-13H,1H3;/q2*-1;/i16D2;1D3;. The van der Waals surface area contributed by atoms with Crippen molar-refractivity contribution in [2.75, 3.05) is 0 Å². The first-order valence-electron chi connectivity index (χ1n) is 20.7. The van der Waals surface area contributed by atoms with Crippen molar-refractivity contribution >= 4 is 22.1 Å². The summed E-state index contributed by atoms with van der Waals surface area (Å²) in [6, 6.07) is 45.3. The minimum absolute atomic E-state index is 0. The molecule has 4 heterocycles. The molecule has 1 aliphatic carbocycles. The fourth-order valence-corrected chi connectivity index (χ4v) is 7.09. The van der Waals surface area contributed by atoms with Gasteiger partial charge in [0.15, 0.2) is 0 Å². The molecule has 8 aromatic rings. The number of hydrogen-bond acceptors (Lipinski definition) is 4. The van der Waals surface area contributed by atoms with E-state index < -0.39 is 13.2 Å². The van der Waals surface area contributed by atoms with Crippen LogP contribution in [0.15, 0.2) is 144 Å². The van der Waals surface area contributed by atoms with E-state index in [9.17, 15) is 0 Å². The average Bonchev–Trinajstić information content (AvgIpc) is 3.94. The van der Waals surface area contributed by atoms with Gasteiger partial charge < -0.3 is 14.4 Å². The van der Waals surface area contributed by atoms with Crippen molar-refractivity contribution in [3.63, 3.8) is 0 Å². The minimum Gasteiger partial charge on any atom is -0.499 e. The topological polar surface area (TPSA) is 51.8 Å². The van der Waals surface area contributed by atoms with E-state index in [1.165, 1.54) is 11.8 Å². The predicted octanol–water partition coefficient (Wildman–Crippen LogP) is 12.4. The van der Waals surface area contributed by atoms with Gasteiger partial charge in [0, 0.05) is 51.0 Å². The maximum absolute atomic E-state index is 8.77. The number of benzene rings is 4. The summed E-state index contributed by atoms with van der Waals surface area (Å²) in [6.07, 6.45) is 7.84. The molecule has 1 aliphatic rings. The van der Waals surface area contributed by atoms with E-state index in [4.69, 9.17) is 16.3 Å². The number of aromatic nitrogens is 3. The van der Waals surface area contributed by atoms with Gasteiger partial charge in [-0.25, -0.2) is 0 Å². The molecule has 5 heteroatoms. The number of fused-ring (bicyclic) bond motifs is 3. The van der Waals surface area contributed by atoms with Crippen molar-refractivity contribution in [3.05, 3.63) is 174 Å². The Morgan fingerprint density at radius 2 is 1.52 bits per heavy atom. The molecule has 0 unspecified atom stereocenters. The molecule has 1 radical (unpaired) electrons. The molecule has 4 nitrogen and oxygen atoms in total. The molecule has 9 rings (SSSR count). The number of pyridine rings is 3. The first kappa shape index (κ1) is 31.2. The van der Waals surface area contributed by atoms with E-state index in [2.05, 4.69) is 66.3 Å². The van der Waals surface area contributed by atoms with Gasteiger partial charge in [-0.2, -0.15) is 0 Å². The molecular weight excluding hydrogens is 839 g/mol. The molecule has 54 heavy (non-hydrogen) atoms. The molecule has 0 N–H and O–H groups in total. The number of furan rings is 1. The van der Waals surface area contributed by atoms with E-state index in [-0.39, 0.29) is 37.0 Å². The smallest absolute Gasteiger partial charge is 0.139 e. The van der Waals surface area contributed by atoms with Crippen molar-refractivity contribution in [2.45, 2.75) is 58.2 Å². The van der Waals surface area contributed by atoms with Crippen molar-refractivity contribution in [1.82, 2.24) is 15.0 Å². The number of rotatable bonds is 7. The molecule has 0 amide bonds. The summed E-state index contributed by atoms with van der Waals surface area (Å²) in [5, 5.41) is 0.911. The Morgan fingerprint density at radius 3 is 2.28 bits per heavy atom. The molecule has 1 fully saturated rings. The summed E-state index contributed by atoms with van der Waals surface area (Å²) in [6.45, 7) is 2.20. The fraction of sp³-hybridized carbons (Fsp3) is 0.204. The van der Waals surface area contributed by atoms with Crippen LogP contribution in [0.2, 0.25) is 0 Å². The number of nitrogens with zero attached hydrogens (tertiary/aromatic N) is 3. The van der Waals surface area contributed by atoms with E-state index in [1.807, 2.05) is 97.2 Å². The largest absolute Gasteiger partial charge is 0.499 e. The van der Waals surface area contributed by atoms with Crippen molar-refractivity contribution in [1.29, 1.82) is 0 Å². The normalized spacial score (nSPS) is 14.9. The first-order chi connectivity index (χ1) is 27.9. The second-order valence-corrected chi connectivity index (χ2v) is 14.1. The maximum atomic E-state index is 8.77. The van der Waals surface area contributed by atoms with Crippen LogP contribution < -0.4 is 0 Å². The Morgan fingerprint density at radius 1 is 0.759 bits per heavy atom. The summed E-state index contributed by atoms with van der Waals surface area (Å²) >= 11 is 0. The van der Waals surface area contributed by atoms with Gasteiger partial charge in [-0.15, -0.1) is 59.7 Å². The van der Waals surface area contributed by atoms with Crippen molar-refractivity contribution in [3.8, 4) is 33.6 Å². The second kappa shape index (κ2) is 16.4. The van der Waals surface area contributed by atoms with E-state index in [0.717, 1.165) is 70.0 Å². The molecule has 0 saturated heterocycles. The van der Waals surface area contributed by atoms with E-state index >= 15 is 0 Å². The zero-order chi connectivity index (χ0) is 40.5. The summed E-state index contributed by atoms with van der Waals surface area (Å²) in [5.41, 5.74) is 9.98. The average molecular weight is 887 g/mol. The summed E-state index contributed by atoms with van der Waals surface area (Å²) in [7, 11) is 0. The van der Waals surface area contributed by atoms with Gasteiger partial charge in [-0.3, -0.25) is 4.98 Å². The molecule has 0 atom stereocenters. The predicted molar refractivity (Wildman–Crippen MR) is 216 cm³/mol. The quantitative estimate of drug-likeness (QED) is 0.150. The van der Waals surface area contributed by atoms with Gasteiger partial charge in [-0.1, -0.05) is 118 Å². The third-order valence-electron chi connectivity index (χ3n) is 10.2. The van der Waals surface area contributed by atoms with Gasteiger partial charge >= 0.3 is 0 Å². The molecule has 4 aromatic carbocycles. The van der Waals surface area contributed by atoms with Gasteiger partial charge in [0.2, 0.25) is 0 Å². The molecule has 0 bridgehead atoms. The summed E-state index contributed by atoms with van der Waals surface area (Å²) < 4.78 is 46.9. The Labute approximate surface area is 339 Å². The van der Waals surface area contributed by atoms with Crippen LogP contribution in [-0.2, 0) is 31.9 Å². The summed E-state index contributed by atoms with van der Waals surface area (Å²) in [4.78, 5) is 13.7. The van der Waals surface area contributed by atoms with Crippen molar-refractivity contribution < 1.29 is 31.4 Å². The summed E-state index contributed by atoms with van der Waals surface area (Å²) in [5.74, 6) is 0.0653. The molecule has 0 aliphatic heterocycles. The first-order valence-corrected chi connectivity index (χ1v) is 18.2. The van der Waals surface area contributed by atoms with E-state index in [1.54, 1.807) is 6.20 Å². The Hall–Kier alpha value is -5.22. The molecule has 1 saturated carbocycles. The molecule has 4 aromatic heterocycles. The second-order valence-electron chi connectivity index (χ2n) is 14.1. The Bertz CT molecular complexity index is 2680. The van der Waals surface area contributed by atoms with Crippen LogP contribution >= 0.6 is 0 Å². The minimum atomic E-state index is -2.20. The zero-order valence-corrected chi connectivity index (χ0v) is 32.7. The number of aryl methyl sites for hydroxylation is 1. The molecule has 271 valence electrons. The third-order valence-corrected chi connectivity index (χ3v) is 10.2. The van der Waals surface area contributed by atoms with Crippen LogP contribution in [0.1, 0.15) is 68.6 Å². The van der Waals surface area contributed by atoms with Crippen LogP contribution in [0, 0.1) is 24.9 Å². The van der Waals surface area contributed by atoms with Crippen LogP contribution in [-0.4, -0.2) is 15.0 Å². The SMILES string of the molecule is [2H]C([2H])([2H])c1cnc(-c2[c-]cccc2)cc1-c1ccccc1.[2H]C([2H])(c1ccnc(-c2[c-]cc3oc4cc(C(C)(C)c5ccccc5)cnc4c3c2)c1)C1CCCC1.[Ir]. The van der Waals surface area contributed by atoms with Gasteiger partial charge in [0.1, 0.15) is 5.58 Å². The zero-order valence-electron chi connectivity index (χ0n) is 35.3. The third kappa shape index (κ3) is 7.99. The van der Waals surface area contributed by atoms with Gasteiger partial charge in [0.25, 0.3) is 0 Å². The van der Waals surface area contributed by atoms with Crippen LogP contribution in [0.3, 0.4) is 0 Å². The van der Waals surface area contributed by atoms with Crippen molar-refractivity contribution in [2.24, 2.45) is 5.92 Å².